The quantitative estimate of drug-likeness (QED) is 0.936. The third kappa shape index (κ3) is 2.33. The van der Waals surface area contributed by atoms with Crippen molar-refractivity contribution in [3.8, 4) is 11.5 Å². The maximum Gasteiger partial charge on any atom is 0.129 e. The van der Waals surface area contributed by atoms with Gasteiger partial charge in [0.25, 0.3) is 0 Å². The number of thiophene rings is 1. The average molecular weight is 275 g/mol. The molecule has 0 spiro atoms. The molecule has 0 aliphatic carbocycles. The Bertz CT molecular complexity index is 594. The van der Waals surface area contributed by atoms with Crippen molar-refractivity contribution in [2.45, 2.75) is 25.5 Å². The van der Waals surface area contributed by atoms with E-state index in [9.17, 15) is 0 Å². The fourth-order valence-electron chi connectivity index (χ4n) is 2.40. The van der Waals surface area contributed by atoms with Crippen LogP contribution in [0.4, 0.5) is 0 Å². The highest BCUT2D eigenvalue weighted by Crippen LogP contribution is 2.34. The normalized spacial score (nSPS) is 18.8. The molecule has 19 heavy (non-hydrogen) atoms. The number of fused-ring (bicyclic) bond motifs is 1. The van der Waals surface area contributed by atoms with E-state index in [1.807, 2.05) is 23.6 Å². The predicted molar refractivity (Wildman–Crippen MR) is 77.1 cm³/mol. The first kappa shape index (κ1) is 12.5. The van der Waals surface area contributed by atoms with Gasteiger partial charge in [0.15, 0.2) is 0 Å². The Morgan fingerprint density at radius 3 is 3.00 bits per heavy atom. The van der Waals surface area contributed by atoms with E-state index in [-0.39, 0.29) is 12.1 Å². The van der Waals surface area contributed by atoms with Gasteiger partial charge in [-0.2, -0.15) is 0 Å². The molecular formula is C15H17NO2S. The molecule has 2 N–H and O–H groups in total. The summed E-state index contributed by atoms with van der Waals surface area (Å²) in [4.78, 5) is 1.11. The van der Waals surface area contributed by atoms with E-state index < -0.39 is 0 Å². The van der Waals surface area contributed by atoms with Gasteiger partial charge in [0.2, 0.25) is 0 Å². The minimum absolute atomic E-state index is 0.102. The van der Waals surface area contributed by atoms with Crippen molar-refractivity contribution in [1.82, 2.24) is 0 Å². The summed E-state index contributed by atoms with van der Waals surface area (Å²) >= 11 is 1.63. The summed E-state index contributed by atoms with van der Waals surface area (Å²) in [6, 6.07) is 8.14. The van der Waals surface area contributed by atoms with Crippen molar-refractivity contribution in [1.29, 1.82) is 0 Å². The molecule has 0 amide bonds. The lowest BCUT2D eigenvalue weighted by molar-refractivity contribution is 0.254. The largest absolute Gasteiger partial charge is 0.496 e. The average Bonchev–Trinajstić information content (AvgIpc) is 3.01. The van der Waals surface area contributed by atoms with Crippen molar-refractivity contribution in [2.24, 2.45) is 5.73 Å². The third-order valence-corrected chi connectivity index (χ3v) is 4.41. The van der Waals surface area contributed by atoms with Gasteiger partial charge in [0, 0.05) is 16.7 Å². The van der Waals surface area contributed by atoms with Gasteiger partial charge in [-0.3, -0.25) is 0 Å². The molecular weight excluding hydrogens is 258 g/mol. The van der Waals surface area contributed by atoms with Crippen LogP contribution in [0.2, 0.25) is 0 Å². The van der Waals surface area contributed by atoms with Crippen molar-refractivity contribution < 1.29 is 9.47 Å². The highest BCUT2D eigenvalue weighted by atomic mass is 32.1. The molecule has 2 aromatic rings. The first-order chi connectivity index (χ1) is 9.17. The summed E-state index contributed by atoms with van der Waals surface area (Å²) < 4.78 is 10.9. The molecule has 0 radical (unpaired) electrons. The van der Waals surface area contributed by atoms with Crippen molar-refractivity contribution in [3.63, 3.8) is 0 Å². The summed E-state index contributed by atoms with van der Waals surface area (Å²) in [5.74, 6) is 1.86. The van der Waals surface area contributed by atoms with Gasteiger partial charge >= 0.3 is 0 Å². The molecule has 3 nitrogen and oxygen atoms in total. The molecule has 2 unspecified atom stereocenters. The second kappa shape index (κ2) is 4.87. The monoisotopic (exact) mass is 275 g/mol. The van der Waals surface area contributed by atoms with Gasteiger partial charge in [-0.05, 0) is 30.2 Å². The van der Waals surface area contributed by atoms with E-state index in [1.54, 1.807) is 18.4 Å². The Hall–Kier alpha value is -1.52. The number of methoxy groups -OCH3 is 1. The number of rotatable bonds is 3. The summed E-state index contributed by atoms with van der Waals surface area (Å²) in [5, 5.41) is 1.98. The lowest BCUT2D eigenvalue weighted by atomic mass is 10.0. The van der Waals surface area contributed by atoms with Crippen LogP contribution in [0.25, 0.3) is 0 Å². The minimum atomic E-state index is -0.102. The van der Waals surface area contributed by atoms with Gasteiger partial charge in [-0.1, -0.05) is 12.1 Å². The topological polar surface area (TPSA) is 44.5 Å². The standard InChI is InChI=1S/C15H17NO2S/c1-9-5-11-6-10(3-4-13(11)18-9)15(16)14-7-12(17-2)8-19-14/h3-4,6-9,15H,5,16H2,1-2H3. The molecule has 4 heteroatoms. The number of benzene rings is 1. The second-order valence-corrected chi connectivity index (χ2v) is 5.81. The van der Waals surface area contributed by atoms with E-state index in [1.165, 1.54) is 5.56 Å². The molecule has 2 heterocycles. The molecule has 2 atom stereocenters. The van der Waals surface area contributed by atoms with Crippen LogP contribution in [0.3, 0.4) is 0 Å². The van der Waals surface area contributed by atoms with Crippen LogP contribution < -0.4 is 15.2 Å². The molecule has 1 aromatic heterocycles. The molecule has 1 aromatic carbocycles. The predicted octanol–water partition coefficient (Wildman–Crippen LogP) is 3.13. The third-order valence-electron chi connectivity index (χ3n) is 3.42. The summed E-state index contributed by atoms with van der Waals surface area (Å²) in [5.41, 5.74) is 8.71. The number of hydrogen-bond acceptors (Lipinski definition) is 4. The maximum atomic E-state index is 6.33. The fourth-order valence-corrected chi connectivity index (χ4v) is 3.29. The van der Waals surface area contributed by atoms with E-state index >= 15 is 0 Å². The van der Waals surface area contributed by atoms with E-state index in [0.717, 1.165) is 28.4 Å². The summed E-state index contributed by atoms with van der Waals surface area (Å²) in [6.07, 6.45) is 1.23. The van der Waals surface area contributed by atoms with Crippen LogP contribution in [-0.2, 0) is 6.42 Å². The zero-order chi connectivity index (χ0) is 13.4. The van der Waals surface area contributed by atoms with Crippen molar-refractivity contribution in [2.75, 3.05) is 7.11 Å². The molecule has 0 bridgehead atoms. The van der Waals surface area contributed by atoms with Crippen molar-refractivity contribution in [3.05, 3.63) is 45.6 Å². The molecule has 3 rings (SSSR count). The fraction of sp³-hybridized carbons (Fsp3) is 0.333. The highest BCUT2D eigenvalue weighted by Gasteiger charge is 2.21. The molecule has 0 saturated carbocycles. The Morgan fingerprint density at radius 1 is 1.42 bits per heavy atom. The second-order valence-electron chi connectivity index (χ2n) is 4.87. The molecule has 1 aliphatic heterocycles. The Morgan fingerprint density at radius 2 is 2.26 bits per heavy atom. The Kier molecular flexibility index (Phi) is 3.21. The molecule has 0 saturated heterocycles. The molecule has 0 fully saturated rings. The van der Waals surface area contributed by atoms with E-state index in [4.69, 9.17) is 15.2 Å². The number of hydrogen-bond donors (Lipinski definition) is 1. The van der Waals surface area contributed by atoms with Crippen LogP contribution in [0, 0.1) is 0 Å². The van der Waals surface area contributed by atoms with Gasteiger partial charge in [-0.25, -0.2) is 0 Å². The van der Waals surface area contributed by atoms with Gasteiger partial charge in [-0.15, -0.1) is 11.3 Å². The van der Waals surface area contributed by atoms with Crippen molar-refractivity contribution >= 4 is 11.3 Å². The van der Waals surface area contributed by atoms with E-state index in [2.05, 4.69) is 13.0 Å². The highest BCUT2D eigenvalue weighted by molar-refractivity contribution is 7.10. The van der Waals surface area contributed by atoms with Gasteiger partial charge in [0.05, 0.1) is 13.2 Å². The lowest BCUT2D eigenvalue weighted by Crippen LogP contribution is -2.10. The zero-order valence-electron chi connectivity index (χ0n) is 11.1. The Balaban J connectivity index is 1.88. The van der Waals surface area contributed by atoms with Crippen LogP contribution in [-0.4, -0.2) is 13.2 Å². The first-order valence-corrected chi connectivity index (χ1v) is 7.23. The van der Waals surface area contributed by atoms with Crippen LogP contribution in [0.1, 0.15) is 29.0 Å². The number of nitrogens with two attached hydrogens (primary N) is 1. The van der Waals surface area contributed by atoms with Gasteiger partial charge in [0.1, 0.15) is 17.6 Å². The van der Waals surface area contributed by atoms with E-state index in [0.29, 0.717) is 0 Å². The zero-order valence-corrected chi connectivity index (χ0v) is 11.9. The maximum absolute atomic E-state index is 6.33. The molecule has 1 aliphatic rings. The Labute approximate surface area is 117 Å². The first-order valence-electron chi connectivity index (χ1n) is 6.35. The van der Waals surface area contributed by atoms with Crippen LogP contribution in [0.5, 0.6) is 11.5 Å². The number of ether oxygens (including phenoxy) is 2. The SMILES string of the molecule is COc1csc(C(N)c2ccc3c(c2)CC(C)O3)c1. The van der Waals surface area contributed by atoms with Crippen LogP contribution >= 0.6 is 11.3 Å². The lowest BCUT2D eigenvalue weighted by Gasteiger charge is -2.11. The summed E-state index contributed by atoms with van der Waals surface area (Å²) in [6.45, 7) is 2.09. The van der Waals surface area contributed by atoms with Gasteiger partial charge < -0.3 is 15.2 Å². The molecule has 100 valence electrons. The minimum Gasteiger partial charge on any atom is -0.496 e. The van der Waals surface area contributed by atoms with Crippen LogP contribution in [0.15, 0.2) is 29.6 Å². The summed E-state index contributed by atoms with van der Waals surface area (Å²) in [7, 11) is 1.67. The smallest absolute Gasteiger partial charge is 0.129 e.